The number of aromatic nitrogens is 3. The maximum Gasteiger partial charge on any atom is 0.205 e. The molecule has 1 aliphatic heterocycles. The van der Waals surface area contributed by atoms with Gasteiger partial charge in [-0.25, -0.2) is 15.0 Å². The van der Waals surface area contributed by atoms with E-state index in [0.29, 0.717) is 6.54 Å². The van der Waals surface area contributed by atoms with Gasteiger partial charge in [0.25, 0.3) is 0 Å². The zero-order valence-electron chi connectivity index (χ0n) is 15.9. The fourth-order valence-corrected chi connectivity index (χ4v) is 4.46. The number of nitrogens with one attached hydrogen (secondary N) is 1. The smallest absolute Gasteiger partial charge is 0.205 e. The summed E-state index contributed by atoms with van der Waals surface area (Å²) in [6.45, 7) is 13.6. The molecule has 7 nitrogen and oxygen atoms in total. The highest BCUT2D eigenvalue weighted by molar-refractivity contribution is 7.11. The number of anilines is 1. The maximum atomic E-state index is 4.81. The molecular formula is C17H27N7S2. The molecule has 26 heavy (non-hydrogen) atoms. The standard InChI is InChI=1S/C17H27N7S2/c1-5-14-21-17(26-22-14)24-9-7-23(8-10-24)16(18-6-2)19-11-15-20-12(3)13(4)25-15/h5-11H2,1-4H3,(H,18,19). The molecule has 1 aliphatic rings. The summed E-state index contributed by atoms with van der Waals surface area (Å²) in [7, 11) is 0. The van der Waals surface area contributed by atoms with E-state index >= 15 is 0 Å². The predicted octanol–water partition coefficient (Wildman–Crippen LogP) is 2.46. The number of hydrogen-bond acceptors (Lipinski definition) is 7. The summed E-state index contributed by atoms with van der Waals surface area (Å²) in [5, 5.41) is 5.54. The van der Waals surface area contributed by atoms with Gasteiger partial charge in [0.15, 0.2) is 5.96 Å². The van der Waals surface area contributed by atoms with Gasteiger partial charge in [-0.05, 0) is 20.8 Å². The minimum absolute atomic E-state index is 0.637. The Labute approximate surface area is 163 Å². The lowest BCUT2D eigenvalue weighted by molar-refractivity contribution is 0.372. The van der Waals surface area contributed by atoms with Crippen LogP contribution in [0.1, 0.15) is 35.3 Å². The zero-order valence-corrected chi connectivity index (χ0v) is 17.6. The summed E-state index contributed by atoms with van der Waals surface area (Å²) < 4.78 is 4.40. The van der Waals surface area contributed by atoms with E-state index in [1.165, 1.54) is 16.4 Å². The summed E-state index contributed by atoms with van der Waals surface area (Å²) >= 11 is 3.24. The molecule has 1 N–H and O–H groups in total. The number of hydrogen-bond donors (Lipinski definition) is 1. The first-order chi connectivity index (χ1) is 12.6. The predicted molar refractivity (Wildman–Crippen MR) is 109 cm³/mol. The monoisotopic (exact) mass is 393 g/mol. The van der Waals surface area contributed by atoms with Crippen LogP contribution in [-0.4, -0.2) is 57.9 Å². The van der Waals surface area contributed by atoms with Gasteiger partial charge < -0.3 is 15.1 Å². The van der Waals surface area contributed by atoms with E-state index in [1.807, 2.05) is 0 Å². The summed E-state index contributed by atoms with van der Waals surface area (Å²) in [6.07, 6.45) is 0.892. The number of guanidine groups is 1. The second-order valence-electron chi connectivity index (χ2n) is 6.24. The van der Waals surface area contributed by atoms with E-state index in [9.17, 15) is 0 Å². The highest BCUT2D eigenvalue weighted by Crippen LogP contribution is 2.20. The zero-order chi connectivity index (χ0) is 18.5. The van der Waals surface area contributed by atoms with Gasteiger partial charge in [0.05, 0.1) is 12.2 Å². The molecule has 0 saturated carbocycles. The van der Waals surface area contributed by atoms with Crippen LogP contribution >= 0.6 is 22.9 Å². The molecule has 0 bridgehead atoms. The molecule has 0 radical (unpaired) electrons. The van der Waals surface area contributed by atoms with Crippen molar-refractivity contribution in [3.63, 3.8) is 0 Å². The first-order valence-electron chi connectivity index (χ1n) is 9.14. The normalized spacial score (nSPS) is 15.6. The van der Waals surface area contributed by atoms with E-state index in [1.54, 1.807) is 11.3 Å². The number of nitrogens with zero attached hydrogens (tertiary/aromatic N) is 6. The van der Waals surface area contributed by atoms with Crippen molar-refractivity contribution in [3.8, 4) is 0 Å². The van der Waals surface area contributed by atoms with Crippen molar-refractivity contribution in [1.82, 2.24) is 24.6 Å². The number of aliphatic imine (C=N–C) groups is 1. The molecule has 3 rings (SSSR count). The molecule has 0 atom stereocenters. The van der Waals surface area contributed by atoms with Gasteiger partial charge in [-0.1, -0.05) is 6.92 Å². The summed E-state index contributed by atoms with van der Waals surface area (Å²) in [5.41, 5.74) is 1.11. The van der Waals surface area contributed by atoms with Crippen LogP contribution in [0.5, 0.6) is 0 Å². The van der Waals surface area contributed by atoms with Gasteiger partial charge in [-0.3, -0.25) is 0 Å². The highest BCUT2D eigenvalue weighted by atomic mass is 32.1. The quantitative estimate of drug-likeness (QED) is 0.622. The average Bonchev–Trinajstić information content (AvgIpc) is 3.26. The van der Waals surface area contributed by atoms with Crippen molar-refractivity contribution in [2.75, 3.05) is 37.6 Å². The molecule has 142 valence electrons. The third kappa shape index (κ3) is 4.50. The Morgan fingerprint density at radius 3 is 2.50 bits per heavy atom. The highest BCUT2D eigenvalue weighted by Gasteiger charge is 2.22. The molecular weight excluding hydrogens is 366 g/mol. The summed E-state index contributed by atoms with van der Waals surface area (Å²) in [4.78, 5) is 19.9. The van der Waals surface area contributed by atoms with Crippen LogP contribution in [0.25, 0.3) is 0 Å². The minimum atomic E-state index is 0.637. The Hall–Kier alpha value is -1.74. The fourth-order valence-electron chi connectivity index (χ4n) is 2.80. The van der Waals surface area contributed by atoms with Crippen molar-refractivity contribution >= 4 is 34.0 Å². The number of rotatable bonds is 5. The van der Waals surface area contributed by atoms with Crippen molar-refractivity contribution < 1.29 is 0 Å². The lowest BCUT2D eigenvalue weighted by atomic mass is 10.3. The second-order valence-corrected chi connectivity index (χ2v) is 8.26. The van der Waals surface area contributed by atoms with Crippen molar-refractivity contribution in [1.29, 1.82) is 0 Å². The van der Waals surface area contributed by atoms with Gasteiger partial charge in [0.2, 0.25) is 5.13 Å². The van der Waals surface area contributed by atoms with Gasteiger partial charge in [-0.15, -0.1) is 11.3 Å². The minimum Gasteiger partial charge on any atom is -0.357 e. The third-order valence-corrected chi connectivity index (χ3v) is 6.27. The van der Waals surface area contributed by atoms with E-state index in [-0.39, 0.29) is 0 Å². The molecule has 1 fully saturated rings. The molecule has 0 spiro atoms. The Morgan fingerprint density at radius 2 is 1.92 bits per heavy atom. The molecule has 0 unspecified atom stereocenters. The molecule has 0 aliphatic carbocycles. The topological polar surface area (TPSA) is 69.5 Å². The van der Waals surface area contributed by atoms with Gasteiger partial charge in [0, 0.05) is 55.6 Å². The van der Waals surface area contributed by atoms with Crippen LogP contribution in [0.15, 0.2) is 4.99 Å². The van der Waals surface area contributed by atoms with Crippen LogP contribution in [0, 0.1) is 13.8 Å². The Kier molecular flexibility index (Phi) is 6.42. The van der Waals surface area contributed by atoms with Crippen molar-refractivity contribution in [2.24, 2.45) is 4.99 Å². The number of piperazine rings is 1. The Bertz CT molecular complexity index is 725. The number of aryl methyl sites for hydroxylation is 3. The molecule has 9 heteroatoms. The van der Waals surface area contributed by atoms with Crippen molar-refractivity contribution in [2.45, 2.75) is 40.7 Å². The van der Waals surface area contributed by atoms with Crippen LogP contribution in [0.4, 0.5) is 5.13 Å². The number of thiazole rings is 1. The molecule has 0 aromatic carbocycles. The van der Waals surface area contributed by atoms with Crippen LogP contribution in [0.3, 0.4) is 0 Å². The maximum absolute atomic E-state index is 4.81. The molecule has 2 aromatic rings. The van der Waals surface area contributed by atoms with E-state index in [2.05, 4.69) is 57.2 Å². The van der Waals surface area contributed by atoms with E-state index in [4.69, 9.17) is 4.99 Å². The van der Waals surface area contributed by atoms with Gasteiger partial charge >= 0.3 is 0 Å². The summed E-state index contributed by atoms with van der Waals surface area (Å²) in [5.74, 6) is 1.92. The van der Waals surface area contributed by atoms with Crippen molar-refractivity contribution in [3.05, 3.63) is 21.4 Å². The van der Waals surface area contributed by atoms with Crippen LogP contribution < -0.4 is 10.2 Å². The van der Waals surface area contributed by atoms with Crippen LogP contribution in [0.2, 0.25) is 0 Å². The lowest BCUT2D eigenvalue weighted by Gasteiger charge is -2.36. The second kappa shape index (κ2) is 8.77. The molecule has 0 amide bonds. The van der Waals surface area contributed by atoms with Gasteiger partial charge in [-0.2, -0.15) is 4.37 Å². The third-order valence-electron chi connectivity index (χ3n) is 4.40. The Morgan fingerprint density at radius 1 is 1.15 bits per heavy atom. The molecule has 3 heterocycles. The van der Waals surface area contributed by atoms with E-state index in [0.717, 1.165) is 66.8 Å². The lowest BCUT2D eigenvalue weighted by Crippen LogP contribution is -2.52. The first kappa shape index (κ1) is 19.0. The SMILES string of the molecule is CCNC(=NCc1nc(C)c(C)s1)N1CCN(c2nc(CC)ns2)CC1. The fraction of sp³-hybridized carbons (Fsp3) is 0.647. The average molecular weight is 394 g/mol. The van der Waals surface area contributed by atoms with E-state index < -0.39 is 0 Å². The summed E-state index contributed by atoms with van der Waals surface area (Å²) in [6, 6.07) is 0. The molecule has 2 aromatic heterocycles. The Balaban J connectivity index is 1.61. The van der Waals surface area contributed by atoms with Gasteiger partial charge in [0.1, 0.15) is 10.8 Å². The first-order valence-corrected chi connectivity index (χ1v) is 10.7. The largest absolute Gasteiger partial charge is 0.357 e. The molecule has 1 saturated heterocycles. The van der Waals surface area contributed by atoms with Crippen LogP contribution in [-0.2, 0) is 13.0 Å².